The molecule has 1 heterocycles. The standard InChI is InChI=1S/C18H19Cl3N4O4/c1-4-12(17(27)24-25-9(2)15(20)23-16(21)18(25)28)29-13-6-5-11(19)7-10(13)8-14(26)22-3/h5-7,12H,4,8H2,1-3H3,(H,22,26)(H,24,27). The highest BCUT2D eigenvalue weighted by molar-refractivity contribution is 6.32. The van der Waals surface area contributed by atoms with Crippen molar-refractivity contribution in [3.8, 4) is 5.75 Å². The van der Waals surface area contributed by atoms with Crippen molar-refractivity contribution in [2.24, 2.45) is 0 Å². The van der Waals surface area contributed by atoms with Crippen LogP contribution in [-0.2, 0) is 16.0 Å². The average molecular weight is 462 g/mol. The van der Waals surface area contributed by atoms with Gasteiger partial charge in [0.15, 0.2) is 16.4 Å². The minimum atomic E-state index is -0.961. The Morgan fingerprint density at radius 2 is 1.93 bits per heavy atom. The molecule has 29 heavy (non-hydrogen) atoms. The molecule has 156 valence electrons. The lowest BCUT2D eigenvalue weighted by atomic mass is 10.1. The van der Waals surface area contributed by atoms with Gasteiger partial charge in [-0.2, -0.15) is 0 Å². The van der Waals surface area contributed by atoms with E-state index in [2.05, 4.69) is 15.7 Å². The van der Waals surface area contributed by atoms with Crippen molar-refractivity contribution in [3.05, 3.63) is 55.1 Å². The van der Waals surface area contributed by atoms with Gasteiger partial charge in [-0.25, -0.2) is 9.66 Å². The lowest BCUT2D eigenvalue weighted by molar-refractivity contribution is -0.123. The number of likely N-dealkylation sites (N-methyl/N-ethyl adjacent to an activating group) is 1. The van der Waals surface area contributed by atoms with E-state index >= 15 is 0 Å². The Hall–Kier alpha value is -2.29. The third-order valence-corrected chi connectivity index (χ3v) is 4.86. The van der Waals surface area contributed by atoms with Gasteiger partial charge in [0.25, 0.3) is 5.91 Å². The topological polar surface area (TPSA) is 102 Å². The van der Waals surface area contributed by atoms with Crippen molar-refractivity contribution in [1.82, 2.24) is 15.0 Å². The average Bonchev–Trinajstić information content (AvgIpc) is 2.68. The number of benzene rings is 1. The third kappa shape index (κ3) is 5.62. The third-order valence-electron chi connectivity index (χ3n) is 4.02. The molecule has 2 rings (SSSR count). The van der Waals surface area contributed by atoms with Gasteiger partial charge >= 0.3 is 5.56 Å². The number of ether oxygens (including phenoxy) is 1. The van der Waals surface area contributed by atoms with E-state index in [1.807, 2.05) is 0 Å². The summed E-state index contributed by atoms with van der Waals surface area (Å²) in [4.78, 5) is 40.4. The fourth-order valence-corrected chi connectivity index (χ4v) is 2.98. The molecule has 8 nitrogen and oxygen atoms in total. The first-order valence-corrected chi connectivity index (χ1v) is 9.72. The second kappa shape index (κ2) is 9.96. The largest absolute Gasteiger partial charge is 0.480 e. The lowest BCUT2D eigenvalue weighted by Gasteiger charge is -2.21. The van der Waals surface area contributed by atoms with Crippen LogP contribution in [0.3, 0.4) is 0 Å². The van der Waals surface area contributed by atoms with Crippen molar-refractivity contribution in [1.29, 1.82) is 0 Å². The summed E-state index contributed by atoms with van der Waals surface area (Å²) >= 11 is 17.7. The quantitative estimate of drug-likeness (QED) is 0.660. The van der Waals surface area contributed by atoms with Crippen LogP contribution in [0.2, 0.25) is 15.3 Å². The summed E-state index contributed by atoms with van der Waals surface area (Å²) in [6.07, 6.45) is -0.649. The molecule has 11 heteroatoms. The van der Waals surface area contributed by atoms with Gasteiger partial charge in [-0.05, 0) is 31.5 Å². The molecule has 1 aromatic heterocycles. The molecule has 2 aromatic rings. The SMILES string of the molecule is CCC(Oc1ccc(Cl)cc1CC(=O)NC)C(=O)Nn1c(C)c(Cl)nc(Cl)c1=O. The van der Waals surface area contributed by atoms with E-state index in [1.165, 1.54) is 14.0 Å². The summed E-state index contributed by atoms with van der Waals surface area (Å²) in [7, 11) is 1.51. The molecular formula is C18H19Cl3N4O4. The summed E-state index contributed by atoms with van der Waals surface area (Å²) in [5.41, 5.74) is 2.46. The van der Waals surface area contributed by atoms with E-state index in [0.29, 0.717) is 16.3 Å². The van der Waals surface area contributed by atoms with Gasteiger partial charge in [0.05, 0.1) is 12.1 Å². The second-order valence-electron chi connectivity index (χ2n) is 6.01. The highest BCUT2D eigenvalue weighted by Crippen LogP contribution is 2.25. The predicted octanol–water partition coefficient (Wildman–Crippen LogP) is 2.73. The maximum atomic E-state index is 12.7. The molecular weight excluding hydrogens is 443 g/mol. The molecule has 0 aliphatic heterocycles. The Bertz CT molecular complexity index is 994. The van der Waals surface area contributed by atoms with Gasteiger partial charge in [-0.15, -0.1) is 0 Å². The van der Waals surface area contributed by atoms with Gasteiger partial charge in [0.1, 0.15) is 5.75 Å². The molecule has 2 amide bonds. The van der Waals surface area contributed by atoms with E-state index in [4.69, 9.17) is 39.5 Å². The van der Waals surface area contributed by atoms with Gasteiger partial charge < -0.3 is 10.1 Å². The summed E-state index contributed by atoms with van der Waals surface area (Å²) in [5.74, 6) is -0.510. The number of halogens is 3. The van der Waals surface area contributed by atoms with Gasteiger partial charge in [0, 0.05) is 17.6 Å². The summed E-state index contributed by atoms with van der Waals surface area (Å²) < 4.78 is 6.74. The van der Waals surface area contributed by atoms with Gasteiger partial charge in [-0.3, -0.25) is 19.8 Å². The number of nitrogens with zero attached hydrogens (tertiary/aromatic N) is 2. The summed E-state index contributed by atoms with van der Waals surface area (Å²) in [6, 6.07) is 4.76. The minimum Gasteiger partial charge on any atom is -0.480 e. The molecule has 0 aliphatic rings. The molecule has 0 aliphatic carbocycles. The van der Waals surface area contributed by atoms with Crippen molar-refractivity contribution in [2.45, 2.75) is 32.8 Å². The van der Waals surface area contributed by atoms with Crippen molar-refractivity contribution < 1.29 is 14.3 Å². The Labute approximate surface area is 182 Å². The fraction of sp³-hybridized carbons (Fsp3) is 0.333. The van der Waals surface area contributed by atoms with Crippen LogP contribution in [0, 0.1) is 6.92 Å². The zero-order valence-corrected chi connectivity index (χ0v) is 18.2. The van der Waals surface area contributed by atoms with Crippen molar-refractivity contribution in [3.63, 3.8) is 0 Å². The number of aromatic nitrogens is 2. The van der Waals surface area contributed by atoms with Crippen molar-refractivity contribution in [2.75, 3.05) is 12.5 Å². The zero-order chi connectivity index (χ0) is 21.7. The van der Waals surface area contributed by atoms with Gasteiger partial charge in [0.2, 0.25) is 5.91 Å². The predicted molar refractivity (Wildman–Crippen MR) is 112 cm³/mol. The summed E-state index contributed by atoms with van der Waals surface area (Å²) in [5, 5.41) is 2.55. The molecule has 2 N–H and O–H groups in total. The van der Waals surface area contributed by atoms with Crippen molar-refractivity contribution >= 4 is 46.6 Å². The van der Waals surface area contributed by atoms with E-state index in [0.717, 1.165) is 4.68 Å². The molecule has 1 unspecified atom stereocenters. The van der Waals surface area contributed by atoms with E-state index in [-0.39, 0.29) is 34.7 Å². The van der Waals surface area contributed by atoms with Crippen LogP contribution in [0.25, 0.3) is 0 Å². The fourth-order valence-electron chi connectivity index (χ4n) is 2.41. The number of amides is 2. The van der Waals surface area contributed by atoms with Gasteiger partial charge in [-0.1, -0.05) is 41.7 Å². The van der Waals surface area contributed by atoms with Crippen LogP contribution >= 0.6 is 34.8 Å². The van der Waals surface area contributed by atoms with E-state index < -0.39 is 17.6 Å². The number of carbonyl (C=O) groups is 2. The van der Waals surface area contributed by atoms with Crippen LogP contribution in [0.4, 0.5) is 0 Å². The molecule has 0 saturated heterocycles. The first-order valence-electron chi connectivity index (χ1n) is 8.59. The number of hydrogen-bond donors (Lipinski definition) is 2. The number of carbonyl (C=O) groups excluding carboxylic acids is 2. The van der Waals surface area contributed by atoms with Crippen LogP contribution < -0.4 is 21.0 Å². The Kier molecular flexibility index (Phi) is 7.89. The lowest BCUT2D eigenvalue weighted by Crippen LogP contribution is -2.42. The Morgan fingerprint density at radius 1 is 1.24 bits per heavy atom. The number of rotatable bonds is 7. The summed E-state index contributed by atoms with van der Waals surface area (Å²) in [6.45, 7) is 3.25. The first kappa shape index (κ1) is 23.0. The monoisotopic (exact) mass is 460 g/mol. The minimum absolute atomic E-state index is 0.0190. The molecule has 0 saturated carbocycles. The normalized spacial score (nSPS) is 11.7. The molecule has 0 radical (unpaired) electrons. The molecule has 0 fully saturated rings. The first-order chi connectivity index (χ1) is 13.7. The molecule has 0 spiro atoms. The van der Waals surface area contributed by atoms with Crippen LogP contribution in [0.5, 0.6) is 5.75 Å². The van der Waals surface area contributed by atoms with E-state index in [9.17, 15) is 14.4 Å². The molecule has 0 bridgehead atoms. The Morgan fingerprint density at radius 3 is 2.55 bits per heavy atom. The number of nitrogens with one attached hydrogen (secondary N) is 2. The molecule has 1 aromatic carbocycles. The molecule has 1 atom stereocenters. The second-order valence-corrected chi connectivity index (χ2v) is 7.16. The zero-order valence-electron chi connectivity index (χ0n) is 15.9. The number of hydrogen-bond acceptors (Lipinski definition) is 5. The maximum absolute atomic E-state index is 12.7. The highest BCUT2D eigenvalue weighted by Gasteiger charge is 2.23. The maximum Gasteiger partial charge on any atom is 0.307 e. The smallest absolute Gasteiger partial charge is 0.307 e. The van der Waals surface area contributed by atoms with E-state index in [1.54, 1.807) is 25.1 Å². The Balaban J connectivity index is 2.29. The van der Waals surface area contributed by atoms with Crippen LogP contribution in [-0.4, -0.2) is 34.6 Å². The van der Waals surface area contributed by atoms with Crippen LogP contribution in [0.1, 0.15) is 24.6 Å². The van der Waals surface area contributed by atoms with Crippen LogP contribution in [0.15, 0.2) is 23.0 Å². The highest BCUT2D eigenvalue weighted by atomic mass is 35.5.